The normalized spacial score (nSPS) is 15.3. The van der Waals surface area contributed by atoms with Crippen molar-refractivity contribution in [2.24, 2.45) is 0 Å². The molecule has 0 radical (unpaired) electrons. The molecule has 1 saturated heterocycles. The molecular formula is C19H20F6N6OS. The first-order chi connectivity index (χ1) is 15.4. The standard InChI is InChI=1S/C19H20F6N6OS/c20-18(21,22)12-7-13(19(23,24)25)9-14(8-12)29-17(33)31(16-10-15(26)27-11-28-16)2-1-30-3-5-32-6-4-30/h7-11H,1-6H2,(H,29,33)(H2,26,27,28). The lowest BCUT2D eigenvalue weighted by Crippen LogP contribution is -2.44. The molecule has 0 saturated carbocycles. The third-order valence-corrected chi connectivity index (χ3v) is 5.10. The Morgan fingerprint density at radius 1 is 1.03 bits per heavy atom. The van der Waals surface area contributed by atoms with E-state index in [4.69, 9.17) is 22.7 Å². The molecule has 3 N–H and O–H groups in total. The molecular weight excluding hydrogens is 474 g/mol. The molecule has 2 heterocycles. The number of alkyl halides is 6. The molecule has 1 fully saturated rings. The van der Waals surface area contributed by atoms with E-state index in [1.807, 2.05) is 0 Å². The summed E-state index contributed by atoms with van der Waals surface area (Å²) in [7, 11) is 0. The highest BCUT2D eigenvalue weighted by Gasteiger charge is 2.37. The molecule has 1 aromatic carbocycles. The van der Waals surface area contributed by atoms with Gasteiger partial charge in [-0.1, -0.05) is 0 Å². The number of aromatic nitrogens is 2. The van der Waals surface area contributed by atoms with Crippen molar-refractivity contribution in [1.29, 1.82) is 0 Å². The maximum absolute atomic E-state index is 13.2. The number of nitrogens with two attached hydrogens (primary N) is 1. The van der Waals surface area contributed by atoms with Gasteiger partial charge in [-0.25, -0.2) is 9.97 Å². The highest BCUT2D eigenvalue weighted by Crippen LogP contribution is 2.37. The number of hydrogen-bond donors (Lipinski definition) is 2. The predicted octanol–water partition coefficient (Wildman–Crippen LogP) is 3.63. The first kappa shape index (κ1) is 24.9. The quantitative estimate of drug-likeness (QED) is 0.482. The van der Waals surface area contributed by atoms with Gasteiger partial charge in [-0.3, -0.25) is 4.90 Å². The number of hydrogen-bond acceptors (Lipinski definition) is 6. The number of halogens is 6. The van der Waals surface area contributed by atoms with Gasteiger partial charge in [-0.15, -0.1) is 0 Å². The Morgan fingerprint density at radius 2 is 1.64 bits per heavy atom. The predicted molar refractivity (Wildman–Crippen MR) is 114 cm³/mol. The maximum Gasteiger partial charge on any atom is 0.416 e. The summed E-state index contributed by atoms with van der Waals surface area (Å²) in [5.74, 6) is 0.369. The second-order valence-electron chi connectivity index (χ2n) is 7.13. The van der Waals surface area contributed by atoms with Gasteiger partial charge in [0.1, 0.15) is 18.0 Å². The van der Waals surface area contributed by atoms with E-state index in [9.17, 15) is 26.3 Å². The van der Waals surface area contributed by atoms with Gasteiger partial charge in [0.2, 0.25) is 0 Å². The second-order valence-corrected chi connectivity index (χ2v) is 7.52. The third kappa shape index (κ3) is 6.88. The molecule has 0 atom stereocenters. The van der Waals surface area contributed by atoms with Crippen LogP contribution < -0.4 is 16.0 Å². The van der Waals surface area contributed by atoms with Crippen LogP contribution in [0.25, 0.3) is 0 Å². The fourth-order valence-corrected chi connectivity index (χ4v) is 3.42. The lowest BCUT2D eigenvalue weighted by molar-refractivity contribution is -0.143. The smallest absolute Gasteiger partial charge is 0.384 e. The van der Waals surface area contributed by atoms with E-state index < -0.39 is 29.2 Å². The van der Waals surface area contributed by atoms with Gasteiger partial charge in [0.25, 0.3) is 0 Å². The van der Waals surface area contributed by atoms with Crippen LogP contribution >= 0.6 is 12.2 Å². The highest BCUT2D eigenvalue weighted by molar-refractivity contribution is 7.80. The molecule has 3 rings (SSSR count). The lowest BCUT2D eigenvalue weighted by Gasteiger charge is -2.31. The van der Waals surface area contributed by atoms with Crippen LogP contribution in [-0.4, -0.2) is 59.4 Å². The number of ether oxygens (including phenoxy) is 1. The van der Waals surface area contributed by atoms with E-state index in [0.717, 1.165) is 0 Å². The topological polar surface area (TPSA) is 79.5 Å². The Kier molecular flexibility index (Phi) is 7.59. The zero-order valence-electron chi connectivity index (χ0n) is 17.1. The summed E-state index contributed by atoms with van der Waals surface area (Å²) in [5.41, 5.74) is 2.35. The Balaban J connectivity index is 1.88. The fraction of sp³-hybridized carbons (Fsp3) is 0.421. The minimum absolute atomic E-state index is 0.0511. The minimum Gasteiger partial charge on any atom is -0.384 e. The van der Waals surface area contributed by atoms with Gasteiger partial charge in [-0.05, 0) is 30.4 Å². The highest BCUT2D eigenvalue weighted by atomic mass is 32.1. The zero-order valence-corrected chi connectivity index (χ0v) is 17.9. The van der Waals surface area contributed by atoms with E-state index in [2.05, 4.69) is 20.2 Å². The van der Waals surface area contributed by atoms with Crippen molar-refractivity contribution < 1.29 is 31.1 Å². The van der Waals surface area contributed by atoms with E-state index in [1.165, 1.54) is 17.3 Å². The first-order valence-electron chi connectivity index (χ1n) is 9.69. The van der Waals surface area contributed by atoms with Crippen LogP contribution in [0.15, 0.2) is 30.6 Å². The number of thiocarbonyl (C=S) groups is 1. The summed E-state index contributed by atoms with van der Waals surface area (Å²) in [6, 6.07) is 2.59. The third-order valence-electron chi connectivity index (χ3n) is 4.78. The number of nitrogens with zero attached hydrogens (tertiary/aromatic N) is 4. The van der Waals surface area contributed by atoms with Gasteiger partial charge >= 0.3 is 12.4 Å². The van der Waals surface area contributed by atoms with Crippen molar-refractivity contribution in [2.45, 2.75) is 12.4 Å². The van der Waals surface area contributed by atoms with Crippen LogP contribution in [0.2, 0.25) is 0 Å². The molecule has 14 heteroatoms. The van der Waals surface area contributed by atoms with Crippen LogP contribution in [0.1, 0.15) is 11.1 Å². The monoisotopic (exact) mass is 494 g/mol. The van der Waals surface area contributed by atoms with Crippen LogP contribution in [0.4, 0.5) is 43.7 Å². The summed E-state index contributed by atoms with van der Waals surface area (Å²) in [6.45, 7) is 3.17. The molecule has 7 nitrogen and oxygen atoms in total. The fourth-order valence-electron chi connectivity index (χ4n) is 3.11. The SMILES string of the molecule is Nc1cc(N(CCN2CCOCC2)C(=S)Nc2cc(C(F)(F)F)cc(C(F)(F)F)c2)ncn1. The largest absolute Gasteiger partial charge is 0.416 e. The molecule has 0 amide bonds. The Bertz CT molecular complexity index is 948. The number of morpholine rings is 1. The molecule has 1 aliphatic rings. The van der Waals surface area contributed by atoms with Crippen molar-refractivity contribution in [2.75, 3.05) is 55.3 Å². The average Bonchev–Trinajstić information content (AvgIpc) is 2.73. The summed E-state index contributed by atoms with van der Waals surface area (Å²) in [4.78, 5) is 11.4. The van der Waals surface area contributed by atoms with Crippen LogP contribution in [0.3, 0.4) is 0 Å². The van der Waals surface area contributed by atoms with Crippen LogP contribution in [-0.2, 0) is 17.1 Å². The summed E-state index contributed by atoms with van der Waals surface area (Å²) in [5, 5.41) is 2.34. The van der Waals surface area contributed by atoms with Gasteiger partial charge < -0.3 is 20.7 Å². The number of rotatable bonds is 5. The Morgan fingerprint density at radius 3 is 2.18 bits per heavy atom. The van der Waals surface area contributed by atoms with E-state index in [1.54, 1.807) is 0 Å². The number of benzene rings is 1. The molecule has 33 heavy (non-hydrogen) atoms. The summed E-state index contributed by atoms with van der Waals surface area (Å²) >= 11 is 5.33. The number of anilines is 3. The molecule has 1 aromatic heterocycles. The van der Waals surface area contributed by atoms with E-state index in [-0.39, 0.29) is 29.4 Å². The maximum atomic E-state index is 13.2. The molecule has 0 aliphatic carbocycles. The van der Waals surface area contributed by atoms with Crippen molar-refractivity contribution in [3.8, 4) is 0 Å². The van der Waals surface area contributed by atoms with E-state index >= 15 is 0 Å². The molecule has 180 valence electrons. The van der Waals surface area contributed by atoms with Gasteiger partial charge in [0.05, 0.1) is 24.3 Å². The van der Waals surface area contributed by atoms with Gasteiger partial charge in [0.15, 0.2) is 5.11 Å². The molecule has 0 unspecified atom stereocenters. The molecule has 2 aromatic rings. The summed E-state index contributed by atoms with van der Waals surface area (Å²) < 4.78 is 84.4. The Labute approximate surface area is 190 Å². The number of nitrogen functional groups attached to an aromatic ring is 1. The van der Waals surface area contributed by atoms with Crippen molar-refractivity contribution in [3.63, 3.8) is 0 Å². The van der Waals surface area contributed by atoms with Gasteiger partial charge in [0, 0.05) is 37.9 Å². The first-order valence-corrected chi connectivity index (χ1v) is 10.1. The Hall–Kier alpha value is -2.71. The van der Waals surface area contributed by atoms with Crippen LogP contribution in [0.5, 0.6) is 0 Å². The van der Waals surface area contributed by atoms with E-state index in [0.29, 0.717) is 45.0 Å². The van der Waals surface area contributed by atoms with Gasteiger partial charge in [-0.2, -0.15) is 26.3 Å². The second kappa shape index (κ2) is 10.1. The van der Waals surface area contributed by atoms with Crippen molar-refractivity contribution >= 4 is 34.7 Å². The average molecular weight is 494 g/mol. The van der Waals surface area contributed by atoms with Crippen LogP contribution in [0, 0.1) is 0 Å². The molecule has 0 spiro atoms. The molecule has 0 bridgehead atoms. The zero-order chi connectivity index (χ0) is 24.2. The minimum atomic E-state index is -4.98. The lowest BCUT2D eigenvalue weighted by atomic mass is 10.1. The van der Waals surface area contributed by atoms with Crippen molar-refractivity contribution in [1.82, 2.24) is 14.9 Å². The van der Waals surface area contributed by atoms with Crippen molar-refractivity contribution in [3.05, 3.63) is 41.7 Å². The number of nitrogens with one attached hydrogen (secondary N) is 1. The summed E-state index contributed by atoms with van der Waals surface area (Å²) in [6.07, 6.45) is -8.77. The molecule has 1 aliphatic heterocycles.